The van der Waals surface area contributed by atoms with E-state index in [0.29, 0.717) is 19.3 Å². The monoisotopic (exact) mass is 757 g/mol. The standard InChI is InChI=1S/C48H84O6/c1-4-7-10-13-16-18-20-22-23-24-25-27-28-30-32-35-38-41-47(50)53-44-45(43-52-46(49)40-37-34-15-12-9-6-3)54-48(51)42-39-36-33-31-29-26-21-19-17-14-11-8-5-2/h11,14,16,18-19,21-23,45H,4-10,12-13,15,17,20,24-44H2,1-3H3/b14-11-,18-16-,21-19-,23-22-. The lowest BCUT2D eigenvalue weighted by molar-refractivity contribution is -0.167. The molecule has 0 radical (unpaired) electrons. The van der Waals surface area contributed by atoms with Gasteiger partial charge in [0.2, 0.25) is 0 Å². The van der Waals surface area contributed by atoms with Crippen molar-refractivity contribution in [2.24, 2.45) is 0 Å². The van der Waals surface area contributed by atoms with E-state index in [1.54, 1.807) is 0 Å². The number of hydrogen-bond donors (Lipinski definition) is 0. The molecule has 0 spiro atoms. The second-order valence-electron chi connectivity index (χ2n) is 15.0. The van der Waals surface area contributed by atoms with E-state index < -0.39 is 6.10 Å². The lowest BCUT2D eigenvalue weighted by Crippen LogP contribution is -2.30. The van der Waals surface area contributed by atoms with Crippen LogP contribution < -0.4 is 0 Å². The van der Waals surface area contributed by atoms with Gasteiger partial charge in [-0.15, -0.1) is 0 Å². The summed E-state index contributed by atoms with van der Waals surface area (Å²) >= 11 is 0. The molecule has 6 heteroatoms. The minimum absolute atomic E-state index is 0.0818. The Balaban J connectivity index is 4.28. The van der Waals surface area contributed by atoms with Crippen LogP contribution >= 0.6 is 0 Å². The average molecular weight is 757 g/mol. The van der Waals surface area contributed by atoms with Crippen LogP contribution in [0, 0.1) is 0 Å². The molecule has 0 aliphatic rings. The molecule has 0 fully saturated rings. The summed E-state index contributed by atoms with van der Waals surface area (Å²) in [5, 5.41) is 0. The highest BCUT2D eigenvalue weighted by molar-refractivity contribution is 5.71. The molecule has 0 rings (SSSR count). The summed E-state index contributed by atoms with van der Waals surface area (Å²) in [4.78, 5) is 37.5. The molecule has 0 saturated carbocycles. The molecule has 0 aromatic rings. The highest BCUT2D eigenvalue weighted by Crippen LogP contribution is 2.13. The van der Waals surface area contributed by atoms with Gasteiger partial charge in [-0.2, -0.15) is 0 Å². The van der Waals surface area contributed by atoms with Crippen molar-refractivity contribution in [2.75, 3.05) is 13.2 Å². The minimum atomic E-state index is -0.777. The number of allylic oxidation sites excluding steroid dienone is 8. The number of rotatable bonds is 40. The molecule has 0 amide bonds. The van der Waals surface area contributed by atoms with Crippen LogP contribution in [0.5, 0.6) is 0 Å². The van der Waals surface area contributed by atoms with Crippen molar-refractivity contribution in [3.63, 3.8) is 0 Å². The van der Waals surface area contributed by atoms with Gasteiger partial charge in [0.1, 0.15) is 13.2 Å². The van der Waals surface area contributed by atoms with Gasteiger partial charge in [-0.05, 0) is 77.0 Å². The van der Waals surface area contributed by atoms with E-state index >= 15 is 0 Å². The molecule has 0 saturated heterocycles. The second kappa shape index (κ2) is 43.1. The van der Waals surface area contributed by atoms with Crippen molar-refractivity contribution in [1.82, 2.24) is 0 Å². The third-order valence-electron chi connectivity index (χ3n) is 9.54. The number of ether oxygens (including phenoxy) is 3. The first-order valence-electron chi connectivity index (χ1n) is 22.6. The van der Waals surface area contributed by atoms with Gasteiger partial charge in [0.25, 0.3) is 0 Å². The third kappa shape index (κ3) is 40.6. The lowest BCUT2D eigenvalue weighted by Gasteiger charge is -2.18. The number of hydrogen-bond acceptors (Lipinski definition) is 6. The van der Waals surface area contributed by atoms with E-state index in [9.17, 15) is 14.4 Å². The first-order valence-corrected chi connectivity index (χ1v) is 22.6. The molecule has 0 heterocycles. The number of carbonyl (C=O) groups excluding carboxylic acids is 3. The fourth-order valence-electron chi connectivity index (χ4n) is 6.10. The summed E-state index contributed by atoms with van der Waals surface area (Å²) in [6.45, 7) is 6.46. The summed E-state index contributed by atoms with van der Waals surface area (Å²) in [6, 6.07) is 0. The summed E-state index contributed by atoms with van der Waals surface area (Å²) in [5.74, 6) is -0.915. The predicted molar refractivity (Wildman–Crippen MR) is 229 cm³/mol. The summed E-state index contributed by atoms with van der Waals surface area (Å²) in [5.41, 5.74) is 0. The minimum Gasteiger partial charge on any atom is -0.462 e. The van der Waals surface area contributed by atoms with E-state index in [1.165, 1.54) is 77.0 Å². The number of esters is 3. The van der Waals surface area contributed by atoms with E-state index in [-0.39, 0.29) is 31.1 Å². The maximum atomic E-state index is 12.7. The SMILES string of the molecule is CCC/C=C\C/C=C\CCCCCCCC(=O)OC(COC(=O)CCCCCCCC)COC(=O)CCCCCCCCC/C=C\C/C=C\CCCCC. The van der Waals surface area contributed by atoms with E-state index in [4.69, 9.17) is 14.2 Å². The lowest BCUT2D eigenvalue weighted by atomic mass is 10.1. The fourth-order valence-corrected chi connectivity index (χ4v) is 6.10. The molecule has 0 aliphatic carbocycles. The van der Waals surface area contributed by atoms with Crippen LogP contribution in [-0.2, 0) is 28.6 Å². The van der Waals surface area contributed by atoms with Gasteiger partial charge in [-0.1, -0.05) is 172 Å². The molecule has 1 unspecified atom stereocenters. The number of unbranched alkanes of at least 4 members (excludes halogenated alkanes) is 21. The number of carbonyl (C=O) groups is 3. The van der Waals surface area contributed by atoms with Crippen molar-refractivity contribution in [2.45, 2.75) is 226 Å². The molecule has 312 valence electrons. The largest absolute Gasteiger partial charge is 0.462 e. The molecule has 1 atom stereocenters. The molecule has 0 aromatic heterocycles. The summed E-state index contributed by atoms with van der Waals surface area (Å²) in [6.07, 6.45) is 49.6. The van der Waals surface area contributed by atoms with Gasteiger partial charge in [0, 0.05) is 19.3 Å². The van der Waals surface area contributed by atoms with Crippen molar-refractivity contribution in [3.8, 4) is 0 Å². The van der Waals surface area contributed by atoms with Crippen LogP contribution in [0.1, 0.15) is 220 Å². The van der Waals surface area contributed by atoms with Crippen LogP contribution in [0.2, 0.25) is 0 Å². The first kappa shape index (κ1) is 51.4. The normalized spacial score (nSPS) is 12.4. The highest BCUT2D eigenvalue weighted by Gasteiger charge is 2.19. The molecule has 6 nitrogen and oxygen atoms in total. The molecule has 0 N–H and O–H groups in total. The van der Waals surface area contributed by atoms with Gasteiger partial charge in [-0.3, -0.25) is 14.4 Å². The zero-order valence-electron chi connectivity index (χ0n) is 35.5. The molecule has 0 aliphatic heterocycles. The average Bonchev–Trinajstić information content (AvgIpc) is 3.17. The second-order valence-corrected chi connectivity index (χ2v) is 15.0. The topological polar surface area (TPSA) is 78.9 Å². The van der Waals surface area contributed by atoms with Crippen LogP contribution in [-0.4, -0.2) is 37.2 Å². The van der Waals surface area contributed by atoms with Crippen molar-refractivity contribution in [1.29, 1.82) is 0 Å². The Hall–Kier alpha value is -2.63. The Morgan fingerprint density at radius 2 is 0.704 bits per heavy atom. The Bertz CT molecular complexity index is 964. The van der Waals surface area contributed by atoms with Gasteiger partial charge in [0.15, 0.2) is 6.10 Å². The van der Waals surface area contributed by atoms with Crippen LogP contribution in [0.25, 0.3) is 0 Å². The van der Waals surface area contributed by atoms with Gasteiger partial charge >= 0.3 is 17.9 Å². The van der Waals surface area contributed by atoms with Crippen molar-refractivity contribution >= 4 is 17.9 Å². The summed E-state index contributed by atoms with van der Waals surface area (Å²) in [7, 11) is 0. The Labute approximate surface area is 333 Å². The van der Waals surface area contributed by atoms with Crippen molar-refractivity contribution in [3.05, 3.63) is 48.6 Å². The highest BCUT2D eigenvalue weighted by atomic mass is 16.6. The maximum absolute atomic E-state index is 12.7. The van der Waals surface area contributed by atoms with Gasteiger partial charge < -0.3 is 14.2 Å². The Kier molecular flexibility index (Phi) is 41.0. The van der Waals surface area contributed by atoms with Crippen LogP contribution in [0.15, 0.2) is 48.6 Å². The van der Waals surface area contributed by atoms with E-state index in [2.05, 4.69) is 69.4 Å². The quantitative estimate of drug-likeness (QED) is 0.0268. The summed E-state index contributed by atoms with van der Waals surface area (Å²) < 4.78 is 16.6. The Morgan fingerprint density at radius 3 is 1.13 bits per heavy atom. The molecular formula is C48H84O6. The smallest absolute Gasteiger partial charge is 0.306 e. The first-order chi connectivity index (χ1) is 26.5. The molecule has 0 bridgehead atoms. The molecule has 54 heavy (non-hydrogen) atoms. The van der Waals surface area contributed by atoms with E-state index in [0.717, 1.165) is 103 Å². The fraction of sp³-hybridized carbons (Fsp3) is 0.771. The molecule has 0 aromatic carbocycles. The molecular weight excluding hydrogens is 673 g/mol. The predicted octanol–water partition coefficient (Wildman–Crippen LogP) is 14.4. The zero-order valence-corrected chi connectivity index (χ0v) is 35.5. The van der Waals surface area contributed by atoms with Gasteiger partial charge in [-0.25, -0.2) is 0 Å². The zero-order chi connectivity index (χ0) is 39.4. The van der Waals surface area contributed by atoms with Crippen LogP contribution in [0.3, 0.4) is 0 Å². The maximum Gasteiger partial charge on any atom is 0.306 e. The van der Waals surface area contributed by atoms with Crippen LogP contribution in [0.4, 0.5) is 0 Å². The Morgan fingerprint density at radius 1 is 0.370 bits per heavy atom. The third-order valence-corrected chi connectivity index (χ3v) is 9.54. The van der Waals surface area contributed by atoms with Gasteiger partial charge in [0.05, 0.1) is 0 Å². The van der Waals surface area contributed by atoms with Crippen molar-refractivity contribution < 1.29 is 28.6 Å². The van der Waals surface area contributed by atoms with E-state index in [1.807, 2.05) is 0 Å².